The molecule has 1 rings (SSSR count). The molecule has 1 aromatic heterocycles. The molecule has 2 N–H and O–H groups in total. The predicted octanol–water partition coefficient (Wildman–Crippen LogP) is 6.99. The van der Waals surface area contributed by atoms with Crippen molar-refractivity contribution in [3.05, 3.63) is 16.7 Å². The molecule has 0 aliphatic heterocycles. The maximum Gasteiger partial charge on any atom is 0.331 e. The number of aryl methyl sites for hydroxylation is 1. The van der Waals surface area contributed by atoms with Crippen molar-refractivity contribution in [2.24, 2.45) is 10.8 Å². The number of rotatable bonds is 22. The standard InChI is InChI=1S/C29H54N2O5/c1-6-28(7-2,17-11-14-20-31-25(32)24-30(10-5)27(31)35)18-12-15-21-36-22-16-13-19-29(8-3,9-4)23-26(33)34/h24,32H,6-23H2,1-5H3,(H,33,34). The van der Waals surface area contributed by atoms with Crippen LogP contribution in [0.1, 0.15) is 125 Å². The second kappa shape index (κ2) is 16.9. The van der Waals surface area contributed by atoms with Gasteiger partial charge in [-0.05, 0) is 69.1 Å². The summed E-state index contributed by atoms with van der Waals surface area (Å²) in [5.74, 6) is -0.624. The van der Waals surface area contributed by atoms with Crippen LogP contribution in [-0.2, 0) is 22.6 Å². The van der Waals surface area contributed by atoms with Crippen molar-refractivity contribution in [2.75, 3.05) is 13.2 Å². The molecule has 0 saturated heterocycles. The topological polar surface area (TPSA) is 93.7 Å². The number of carboxylic acids is 1. The normalized spacial score (nSPS) is 12.4. The van der Waals surface area contributed by atoms with Gasteiger partial charge in [0, 0.05) is 26.3 Å². The van der Waals surface area contributed by atoms with Crippen LogP contribution in [0.4, 0.5) is 0 Å². The van der Waals surface area contributed by atoms with Crippen LogP contribution in [0.15, 0.2) is 11.0 Å². The Bertz CT molecular complexity index is 790. The number of hydrogen-bond acceptors (Lipinski definition) is 4. The number of unbranched alkanes of at least 4 members (excludes halogenated alkanes) is 3. The number of nitrogens with zero attached hydrogens (tertiary/aromatic N) is 2. The fourth-order valence-corrected chi connectivity index (χ4v) is 5.58. The Morgan fingerprint density at radius 1 is 0.833 bits per heavy atom. The monoisotopic (exact) mass is 510 g/mol. The van der Waals surface area contributed by atoms with Crippen LogP contribution >= 0.6 is 0 Å². The van der Waals surface area contributed by atoms with Gasteiger partial charge in [0.05, 0.1) is 12.6 Å². The summed E-state index contributed by atoms with van der Waals surface area (Å²) in [4.78, 5) is 23.5. The van der Waals surface area contributed by atoms with Crippen molar-refractivity contribution >= 4 is 5.97 Å². The van der Waals surface area contributed by atoms with Gasteiger partial charge in [-0.3, -0.25) is 13.9 Å². The molecule has 0 bridgehead atoms. The Morgan fingerprint density at radius 3 is 1.78 bits per heavy atom. The predicted molar refractivity (Wildman–Crippen MR) is 147 cm³/mol. The zero-order valence-corrected chi connectivity index (χ0v) is 23.8. The highest BCUT2D eigenvalue weighted by molar-refractivity contribution is 5.67. The molecule has 0 aliphatic carbocycles. The van der Waals surface area contributed by atoms with Crippen molar-refractivity contribution in [1.82, 2.24) is 9.13 Å². The van der Waals surface area contributed by atoms with Crippen LogP contribution in [0.3, 0.4) is 0 Å². The molecule has 7 heteroatoms. The van der Waals surface area contributed by atoms with Crippen molar-refractivity contribution in [1.29, 1.82) is 0 Å². The molecule has 0 radical (unpaired) electrons. The molecule has 7 nitrogen and oxygen atoms in total. The van der Waals surface area contributed by atoms with E-state index >= 15 is 0 Å². The van der Waals surface area contributed by atoms with Crippen molar-refractivity contribution < 1.29 is 19.7 Å². The zero-order valence-electron chi connectivity index (χ0n) is 23.8. The van der Waals surface area contributed by atoms with Gasteiger partial charge in [0.2, 0.25) is 5.88 Å². The zero-order chi connectivity index (χ0) is 27.0. The second-order valence-corrected chi connectivity index (χ2v) is 10.7. The lowest BCUT2D eigenvalue weighted by molar-refractivity contribution is -0.140. The third-order valence-corrected chi connectivity index (χ3v) is 8.72. The molecule has 1 heterocycles. The Morgan fingerprint density at radius 2 is 1.33 bits per heavy atom. The minimum absolute atomic E-state index is 0.0631. The van der Waals surface area contributed by atoms with Gasteiger partial charge in [0.15, 0.2) is 0 Å². The van der Waals surface area contributed by atoms with E-state index < -0.39 is 5.97 Å². The molecule has 0 amide bonds. The molecule has 0 spiro atoms. The molecular formula is C29H54N2O5. The van der Waals surface area contributed by atoms with Gasteiger partial charge in [-0.1, -0.05) is 59.8 Å². The van der Waals surface area contributed by atoms with E-state index in [1.165, 1.54) is 17.2 Å². The van der Waals surface area contributed by atoms with Crippen LogP contribution in [0.5, 0.6) is 5.88 Å². The molecule has 0 saturated carbocycles. The molecule has 210 valence electrons. The van der Waals surface area contributed by atoms with Crippen molar-refractivity contribution in [3.63, 3.8) is 0 Å². The highest BCUT2D eigenvalue weighted by Crippen LogP contribution is 2.38. The second-order valence-electron chi connectivity index (χ2n) is 10.7. The molecule has 0 fully saturated rings. The Balaban J connectivity index is 2.27. The van der Waals surface area contributed by atoms with Gasteiger partial charge >= 0.3 is 11.7 Å². The van der Waals surface area contributed by atoms with Gasteiger partial charge in [-0.15, -0.1) is 0 Å². The minimum Gasteiger partial charge on any atom is -0.493 e. The molecule has 0 atom stereocenters. The molecule has 36 heavy (non-hydrogen) atoms. The van der Waals surface area contributed by atoms with Crippen LogP contribution in [0.2, 0.25) is 0 Å². The summed E-state index contributed by atoms with van der Waals surface area (Å²) in [7, 11) is 0. The van der Waals surface area contributed by atoms with E-state index in [0.29, 0.717) is 18.5 Å². The number of aliphatic carboxylic acids is 1. The first-order valence-electron chi connectivity index (χ1n) is 14.5. The maximum absolute atomic E-state index is 12.3. The number of carboxylic acid groups (broad SMARTS) is 1. The van der Waals surface area contributed by atoms with Gasteiger partial charge < -0.3 is 14.9 Å². The summed E-state index contributed by atoms with van der Waals surface area (Å²) in [6, 6.07) is 0. The Hall–Kier alpha value is -1.76. The quantitative estimate of drug-likeness (QED) is 0.164. The fraction of sp³-hybridized carbons (Fsp3) is 0.862. The summed E-state index contributed by atoms with van der Waals surface area (Å²) in [6.07, 6.45) is 15.5. The van der Waals surface area contributed by atoms with E-state index in [-0.39, 0.29) is 23.4 Å². The lowest BCUT2D eigenvalue weighted by Crippen LogP contribution is -2.24. The van der Waals surface area contributed by atoms with Crippen molar-refractivity contribution in [2.45, 2.75) is 138 Å². The summed E-state index contributed by atoms with van der Waals surface area (Å²) in [5.41, 5.74) is 0.158. The Labute approximate surface area is 219 Å². The summed E-state index contributed by atoms with van der Waals surface area (Å²) in [6.45, 7) is 13.4. The SMILES string of the molecule is CCn1cc(O)n(CCCCC(CC)(CC)CCCCOCCCCC(CC)(CC)CC(=O)O)c1=O. The molecular weight excluding hydrogens is 456 g/mol. The minimum atomic E-state index is -0.688. The number of imidazole rings is 1. The summed E-state index contributed by atoms with van der Waals surface area (Å²) >= 11 is 0. The van der Waals surface area contributed by atoms with E-state index in [4.69, 9.17) is 4.74 Å². The van der Waals surface area contributed by atoms with E-state index in [1.807, 2.05) is 6.92 Å². The molecule has 1 aromatic rings. The van der Waals surface area contributed by atoms with E-state index in [1.54, 1.807) is 4.57 Å². The van der Waals surface area contributed by atoms with Crippen molar-refractivity contribution in [3.8, 4) is 5.88 Å². The fourth-order valence-electron chi connectivity index (χ4n) is 5.58. The highest BCUT2D eigenvalue weighted by atomic mass is 16.5. The first kappa shape index (κ1) is 32.3. The van der Waals surface area contributed by atoms with E-state index in [9.17, 15) is 19.8 Å². The van der Waals surface area contributed by atoms with E-state index in [2.05, 4.69) is 27.7 Å². The first-order valence-corrected chi connectivity index (χ1v) is 14.5. The smallest absolute Gasteiger partial charge is 0.331 e. The number of carbonyl (C=O) groups is 1. The van der Waals surface area contributed by atoms with Crippen LogP contribution in [0, 0.1) is 10.8 Å². The largest absolute Gasteiger partial charge is 0.493 e. The lowest BCUT2D eigenvalue weighted by atomic mass is 9.74. The van der Waals surface area contributed by atoms with E-state index in [0.717, 1.165) is 90.3 Å². The van der Waals surface area contributed by atoms with Crippen LogP contribution in [0.25, 0.3) is 0 Å². The first-order chi connectivity index (χ1) is 17.2. The molecule has 0 aromatic carbocycles. The summed E-state index contributed by atoms with van der Waals surface area (Å²) in [5, 5.41) is 19.2. The Kier molecular flexibility index (Phi) is 15.1. The number of aromatic hydroxyl groups is 1. The molecule has 0 aliphatic rings. The highest BCUT2D eigenvalue weighted by Gasteiger charge is 2.28. The number of ether oxygens (including phenoxy) is 1. The maximum atomic E-state index is 12.3. The van der Waals surface area contributed by atoms with Gasteiger partial charge in [0.1, 0.15) is 0 Å². The third kappa shape index (κ3) is 10.3. The average molecular weight is 511 g/mol. The van der Waals surface area contributed by atoms with Crippen LogP contribution < -0.4 is 5.69 Å². The number of hydrogen-bond donors (Lipinski definition) is 2. The molecule has 0 unspecified atom stereocenters. The van der Waals surface area contributed by atoms with Gasteiger partial charge in [-0.2, -0.15) is 0 Å². The van der Waals surface area contributed by atoms with Gasteiger partial charge in [0.25, 0.3) is 0 Å². The van der Waals surface area contributed by atoms with Gasteiger partial charge in [-0.25, -0.2) is 4.79 Å². The van der Waals surface area contributed by atoms with Crippen LogP contribution in [-0.4, -0.2) is 38.5 Å². The summed E-state index contributed by atoms with van der Waals surface area (Å²) < 4.78 is 8.91. The number of aromatic nitrogens is 2. The average Bonchev–Trinajstić information content (AvgIpc) is 3.15. The lowest BCUT2D eigenvalue weighted by Gasteiger charge is -2.32. The third-order valence-electron chi connectivity index (χ3n) is 8.72.